The summed E-state index contributed by atoms with van der Waals surface area (Å²) in [5.41, 5.74) is 0. The lowest BCUT2D eigenvalue weighted by molar-refractivity contribution is 0.171. The Balaban J connectivity index is 1.68. The summed E-state index contributed by atoms with van der Waals surface area (Å²) >= 11 is 0. The molecule has 0 spiro atoms. The first-order chi connectivity index (χ1) is 7.38. The van der Waals surface area contributed by atoms with Crippen LogP contribution >= 0.6 is 0 Å². The van der Waals surface area contributed by atoms with E-state index in [1.807, 2.05) is 0 Å². The van der Waals surface area contributed by atoms with Gasteiger partial charge in [-0.2, -0.15) is 0 Å². The van der Waals surface area contributed by atoms with Crippen molar-refractivity contribution in [3.05, 3.63) is 0 Å². The summed E-state index contributed by atoms with van der Waals surface area (Å²) in [4.78, 5) is 5.02. The first-order valence-corrected chi connectivity index (χ1v) is 6.44. The highest BCUT2D eigenvalue weighted by Crippen LogP contribution is 2.27. The van der Waals surface area contributed by atoms with Crippen LogP contribution in [0.25, 0.3) is 0 Å². The zero-order valence-corrected chi connectivity index (χ0v) is 9.70. The Bertz CT molecular complexity index is 182. The molecule has 1 saturated heterocycles. The van der Waals surface area contributed by atoms with Gasteiger partial charge in [-0.05, 0) is 38.3 Å². The van der Waals surface area contributed by atoms with Crippen molar-refractivity contribution in [1.82, 2.24) is 9.80 Å². The lowest BCUT2D eigenvalue weighted by Crippen LogP contribution is -2.36. The molecular formula is C12H24N2O. The van der Waals surface area contributed by atoms with Gasteiger partial charge in [0.15, 0.2) is 0 Å². The molecule has 0 aromatic rings. The SMILES string of the molecule is OCCN1CCCN(CC2CCC2)CC1. The third kappa shape index (κ3) is 3.44. The van der Waals surface area contributed by atoms with Gasteiger partial charge in [0.2, 0.25) is 0 Å². The van der Waals surface area contributed by atoms with E-state index < -0.39 is 0 Å². The Hall–Kier alpha value is -0.120. The number of aliphatic hydroxyl groups is 1. The smallest absolute Gasteiger partial charge is 0.0558 e. The molecule has 3 heteroatoms. The predicted molar refractivity (Wildman–Crippen MR) is 61.9 cm³/mol. The highest BCUT2D eigenvalue weighted by atomic mass is 16.3. The first kappa shape index (κ1) is 11.4. The molecule has 0 amide bonds. The largest absolute Gasteiger partial charge is 0.395 e. The van der Waals surface area contributed by atoms with Crippen LogP contribution in [0.2, 0.25) is 0 Å². The minimum absolute atomic E-state index is 0.308. The number of β-amino-alcohol motifs (C(OH)–C–C–N with tert-alkyl or cyclic N) is 1. The Morgan fingerprint density at radius 2 is 1.67 bits per heavy atom. The zero-order valence-electron chi connectivity index (χ0n) is 9.70. The standard InChI is InChI=1S/C12H24N2O/c15-10-9-13-5-2-6-14(8-7-13)11-12-3-1-4-12/h12,15H,1-11H2. The van der Waals surface area contributed by atoms with Crippen LogP contribution in [0.5, 0.6) is 0 Å². The van der Waals surface area contributed by atoms with Crippen molar-refractivity contribution in [3.8, 4) is 0 Å². The van der Waals surface area contributed by atoms with Crippen LogP contribution in [0.3, 0.4) is 0 Å². The van der Waals surface area contributed by atoms with Gasteiger partial charge in [0.25, 0.3) is 0 Å². The number of hydrogen-bond acceptors (Lipinski definition) is 3. The van der Waals surface area contributed by atoms with Crippen molar-refractivity contribution >= 4 is 0 Å². The van der Waals surface area contributed by atoms with Gasteiger partial charge in [0, 0.05) is 26.2 Å². The average Bonchev–Trinajstić information content (AvgIpc) is 2.38. The van der Waals surface area contributed by atoms with Crippen LogP contribution in [-0.4, -0.2) is 60.8 Å². The van der Waals surface area contributed by atoms with Crippen molar-refractivity contribution < 1.29 is 5.11 Å². The summed E-state index contributed by atoms with van der Waals surface area (Å²) < 4.78 is 0. The minimum atomic E-state index is 0.308. The Kier molecular flexibility index (Phi) is 4.42. The van der Waals surface area contributed by atoms with Crippen molar-refractivity contribution in [3.63, 3.8) is 0 Å². The van der Waals surface area contributed by atoms with Crippen LogP contribution in [-0.2, 0) is 0 Å². The monoisotopic (exact) mass is 212 g/mol. The Labute approximate surface area is 93.1 Å². The van der Waals surface area contributed by atoms with Gasteiger partial charge in [-0.25, -0.2) is 0 Å². The molecule has 1 aliphatic heterocycles. The second-order valence-corrected chi connectivity index (χ2v) is 5.02. The average molecular weight is 212 g/mol. The van der Waals surface area contributed by atoms with E-state index in [0.717, 1.165) is 19.0 Å². The molecule has 3 nitrogen and oxygen atoms in total. The summed E-state index contributed by atoms with van der Waals surface area (Å²) in [6, 6.07) is 0. The normalized spacial score (nSPS) is 26.2. The molecule has 0 unspecified atom stereocenters. The van der Waals surface area contributed by atoms with Gasteiger partial charge in [0.05, 0.1) is 6.61 Å². The highest BCUT2D eigenvalue weighted by molar-refractivity contribution is 4.76. The van der Waals surface area contributed by atoms with E-state index in [1.165, 1.54) is 51.9 Å². The lowest BCUT2D eigenvalue weighted by atomic mass is 9.85. The van der Waals surface area contributed by atoms with Gasteiger partial charge in [-0.15, -0.1) is 0 Å². The van der Waals surface area contributed by atoms with E-state index in [9.17, 15) is 0 Å². The molecule has 88 valence electrons. The minimum Gasteiger partial charge on any atom is -0.395 e. The van der Waals surface area contributed by atoms with E-state index in [0.29, 0.717) is 6.61 Å². The summed E-state index contributed by atoms with van der Waals surface area (Å²) in [5.74, 6) is 0.995. The summed E-state index contributed by atoms with van der Waals surface area (Å²) in [5, 5.41) is 8.91. The molecular weight excluding hydrogens is 188 g/mol. The maximum Gasteiger partial charge on any atom is 0.0558 e. The Morgan fingerprint density at radius 3 is 2.33 bits per heavy atom. The van der Waals surface area contributed by atoms with E-state index >= 15 is 0 Å². The maximum absolute atomic E-state index is 8.91. The van der Waals surface area contributed by atoms with E-state index in [-0.39, 0.29) is 0 Å². The fourth-order valence-electron chi connectivity index (χ4n) is 2.61. The Morgan fingerprint density at radius 1 is 0.933 bits per heavy atom. The zero-order chi connectivity index (χ0) is 10.5. The number of rotatable bonds is 4. The molecule has 0 aromatic carbocycles. The highest BCUT2D eigenvalue weighted by Gasteiger charge is 2.22. The van der Waals surface area contributed by atoms with Crippen LogP contribution in [0.1, 0.15) is 25.7 Å². The van der Waals surface area contributed by atoms with Gasteiger partial charge in [-0.1, -0.05) is 6.42 Å². The first-order valence-electron chi connectivity index (χ1n) is 6.44. The summed E-state index contributed by atoms with van der Waals surface area (Å²) in [7, 11) is 0. The van der Waals surface area contributed by atoms with Crippen LogP contribution in [0.4, 0.5) is 0 Å². The van der Waals surface area contributed by atoms with Crippen LogP contribution in [0.15, 0.2) is 0 Å². The van der Waals surface area contributed by atoms with Crippen LogP contribution < -0.4 is 0 Å². The molecule has 0 atom stereocenters. The van der Waals surface area contributed by atoms with Gasteiger partial charge >= 0.3 is 0 Å². The molecule has 2 fully saturated rings. The third-order valence-corrected chi connectivity index (χ3v) is 3.84. The maximum atomic E-state index is 8.91. The molecule has 2 rings (SSSR count). The number of nitrogens with zero attached hydrogens (tertiary/aromatic N) is 2. The van der Waals surface area contributed by atoms with E-state index in [1.54, 1.807) is 0 Å². The summed E-state index contributed by atoms with van der Waals surface area (Å²) in [6.45, 7) is 7.27. The second kappa shape index (κ2) is 5.83. The predicted octanol–water partition coefficient (Wildman–Crippen LogP) is 0.786. The van der Waals surface area contributed by atoms with E-state index in [2.05, 4.69) is 9.80 Å². The topological polar surface area (TPSA) is 26.7 Å². The van der Waals surface area contributed by atoms with Crippen molar-refractivity contribution in [1.29, 1.82) is 0 Å². The summed E-state index contributed by atoms with van der Waals surface area (Å²) in [6.07, 6.45) is 5.63. The van der Waals surface area contributed by atoms with E-state index in [4.69, 9.17) is 5.11 Å². The molecule has 15 heavy (non-hydrogen) atoms. The van der Waals surface area contributed by atoms with Gasteiger partial charge in [0.1, 0.15) is 0 Å². The van der Waals surface area contributed by atoms with Gasteiger partial charge < -0.3 is 10.0 Å². The molecule has 0 bridgehead atoms. The van der Waals surface area contributed by atoms with Crippen molar-refractivity contribution in [2.75, 3.05) is 45.9 Å². The lowest BCUT2D eigenvalue weighted by Gasteiger charge is -2.31. The molecule has 0 radical (unpaired) electrons. The quantitative estimate of drug-likeness (QED) is 0.746. The van der Waals surface area contributed by atoms with Crippen LogP contribution in [0, 0.1) is 5.92 Å². The van der Waals surface area contributed by atoms with Crippen molar-refractivity contribution in [2.45, 2.75) is 25.7 Å². The molecule has 1 heterocycles. The molecule has 1 aliphatic carbocycles. The number of hydrogen-bond donors (Lipinski definition) is 1. The second-order valence-electron chi connectivity index (χ2n) is 5.02. The molecule has 1 N–H and O–H groups in total. The number of aliphatic hydroxyl groups excluding tert-OH is 1. The molecule has 1 saturated carbocycles. The van der Waals surface area contributed by atoms with Crippen molar-refractivity contribution in [2.24, 2.45) is 5.92 Å². The fraction of sp³-hybridized carbons (Fsp3) is 1.00. The third-order valence-electron chi connectivity index (χ3n) is 3.84. The molecule has 2 aliphatic rings. The fourth-order valence-corrected chi connectivity index (χ4v) is 2.61. The van der Waals surface area contributed by atoms with Gasteiger partial charge in [-0.3, -0.25) is 4.90 Å². The molecule has 0 aromatic heterocycles.